The monoisotopic (exact) mass is 527 g/mol. The van der Waals surface area contributed by atoms with Crippen LogP contribution in [0.2, 0.25) is 5.02 Å². The highest BCUT2D eigenvalue weighted by Gasteiger charge is 2.34. The molecule has 37 heavy (non-hydrogen) atoms. The van der Waals surface area contributed by atoms with Crippen molar-refractivity contribution in [2.75, 3.05) is 26.7 Å². The molecule has 1 saturated heterocycles. The molecular formula is C28H28ClF2N3O3. The molecule has 1 aliphatic rings. The molecule has 0 radical (unpaired) electrons. The molecule has 6 nitrogen and oxygen atoms in total. The summed E-state index contributed by atoms with van der Waals surface area (Å²) in [5.41, 5.74) is 8.09. The van der Waals surface area contributed by atoms with Gasteiger partial charge in [0.25, 0.3) is 0 Å². The van der Waals surface area contributed by atoms with Crippen molar-refractivity contribution in [1.82, 2.24) is 9.88 Å². The molecule has 3 atom stereocenters. The topological polar surface area (TPSA) is 88.7 Å². The third-order valence-corrected chi connectivity index (χ3v) is 7.20. The summed E-state index contributed by atoms with van der Waals surface area (Å²) in [5.74, 6) is 3.50. The van der Waals surface area contributed by atoms with Crippen LogP contribution in [0, 0.1) is 35.3 Å². The standard InChI is InChI=1S/C28H28ClF2N3O3/c1-37-20-6-9-26-21(14-20)27(23(29)15-33-26)25(32)8-4-17-10-12-34(16-22(17)28(35)36)11-2-3-18-13-19(30)5-7-24(18)31/h5-7,9,13-15,17,22,25H,4,8,10-12,16,32H2,1H3,(H,35,36)/t17-,22+,25-/m0/s1. The minimum Gasteiger partial charge on any atom is -0.497 e. The van der Waals surface area contributed by atoms with Gasteiger partial charge in [0.15, 0.2) is 0 Å². The van der Waals surface area contributed by atoms with Crippen LogP contribution in [0.1, 0.15) is 36.4 Å². The van der Waals surface area contributed by atoms with E-state index in [1.165, 1.54) is 0 Å². The first-order chi connectivity index (χ1) is 17.8. The summed E-state index contributed by atoms with van der Waals surface area (Å²) in [6.45, 7) is 1.25. The molecule has 3 N–H and O–H groups in total. The van der Waals surface area contributed by atoms with Gasteiger partial charge < -0.3 is 15.6 Å². The zero-order chi connectivity index (χ0) is 26.5. The molecule has 0 aliphatic carbocycles. The summed E-state index contributed by atoms with van der Waals surface area (Å²) in [7, 11) is 1.59. The third kappa shape index (κ3) is 6.37. The van der Waals surface area contributed by atoms with Gasteiger partial charge in [-0.3, -0.25) is 14.7 Å². The maximum absolute atomic E-state index is 13.8. The smallest absolute Gasteiger partial charge is 0.308 e. The number of pyridine rings is 1. The lowest BCUT2D eigenvalue weighted by molar-refractivity contribution is -0.146. The zero-order valence-corrected chi connectivity index (χ0v) is 21.1. The van der Waals surface area contributed by atoms with E-state index in [0.29, 0.717) is 43.1 Å². The van der Waals surface area contributed by atoms with Gasteiger partial charge in [-0.2, -0.15) is 0 Å². The van der Waals surface area contributed by atoms with E-state index in [4.69, 9.17) is 22.1 Å². The summed E-state index contributed by atoms with van der Waals surface area (Å²) in [5, 5.41) is 11.2. The highest BCUT2D eigenvalue weighted by Crippen LogP contribution is 2.35. The lowest BCUT2D eigenvalue weighted by Gasteiger charge is -2.36. The molecule has 4 rings (SSSR count). The van der Waals surface area contributed by atoms with Crippen LogP contribution in [-0.4, -0.2) is 47.7 Å². The van der Waals surface area contributed by atoms with E-state index in [1.54, 1.807) is 13.3 Å². The molecule has 1 aliphatic heterocycles. The Labute approximate surface area is 219 Å². The van der Waals surface area contributed by atoms with E-state index in [9.17, 15) is 18.7 Å². The second kappa shape index (κ2) is 11.9. The fraction of sp³-hybridized carbons (Fsp3) is 0.357. The number of likely N-dealkylation sites (tertiary alicyclic amines) is 1. The number of halogens is 3. The quantitative estimate of drug-likeness (QED) is 0.419. The van der Waals surface area contributed by atoms with Crippen molar-refractivity contribution >= 4 is 28.5 Å². The van der Waals surface area contributed by atoms with Crippen LogP contribution in [0.4, 0.5) is 8.78 Å². The fourth-order valence-corrected chi connectivity index (χ4v) is 5.18. The number of nitrogens with two attached hydrogens (primary N) is 1. The van der Waals surface area contributed by atoms with Crippen LogP contribution in [0.25, 0.3) is 10.9 Å². The maximum atomic E-state index is 13.8. The lowest BCUT2D eigenvalue weighted by Crippen LogP contribution is -2.44. The maximum Gasteiger partial charge on any atom is 0.308 e. The van der Waals surface area contributed by atoms with E-state index in [1.807, 2.05) is 23.1 Å². The van der Waals surface area contributed by atoms with Crippen molar-refractivity contribution in [2.24, 2.45) is 17.6 Å². The molecule has 0 bridgehead atoms. The average Bonchev–Trinajstić information content (AvgIpc) is 2.89. The van der Waals surface area contributed by atoms with Gasteiger partial charge in [0.1, 0.15) is 17.4 Å². The summed E-state index contributed by atoms with van der Waals surface area (Å²) in [6.07, 6.45) is 3.43. The number of rotatable bonds is 7. The number of hydrogen-bond acceptors (Lipinski definition) is 5. The molecule has 3 aromatic rings. The molecule has 194 valence electrons. The highest BCUT2D eigenvalue weighted by molar-refractivity contribution is 6.32. The van der Waals surface area contributed by atoms with Crippen LogP contribution >= 0.6 is 11.6 Å². The van der Waals surface area contributed by atoms with Gasteiger partial charge in [0, 0.05) is 24.2 Å². The van der Waals surface area contributed by atoms with Crippen LogP contribution in [-0.2, 0) is 4.79 Å². The largest absolute Gasteiger partial charge is 0.497 e. The molecular weight excluding hydrogens is 500 g/mol. The Morgan fingerprint density at radius 3 is 2.89 bits per heavy atom. The number of fused-ring (bicyclic) bond motifs is 1. The Morgan fingerprint density at radius 2 is 2.14 bits per heavy atom. The van der Waals surface area contributed by atoms with Crippen LogP contribution in [0.15, 0.2) is 42.6 Å². The summed E-state index contributed by atoms with van der Waals surface area (Å²) >= 11 is 6.48. The Kier molecular flexibility index (Phi) is 8.59. The number of aliphatic carboxylic acids is 1. The predicted molar refractivity (Wildman–Crippen MR) is 138 cm³/mol. The molecule has 1 aromatic heterocycles. The Hall–Kier alpha value is -3.25. The van der Waals surface area contributed by atoms with E-state index in [0.717, 1.165) is 34.7 Å². The minimum absolute atomic E-state index is 0.0152. The summed E-state index contributed by atoms with van der Waals surface area (Å²) in [6, 6.07) is 8.26. The molecule has 0 saturated carbocycles. The summed E-state index contributed by atoms with van der Waals surface area (Å²) in [4.78, 5) is 18.4. The van der Waals surface area contributed by atoms with Crippen molar-refractivity contribution in [3.8, 4) is 17.6 Å². The highest BCUT2D eigenvalue weighted by atomic mass is 35.5. The predicted octanol–water partition coefficient (Wildman–Crippen LogP) is 5.03. The van der Waals surface area contributed by atoms with E-state index < -0.39 is 29.6 Å². The first-order valence-electron chi connectivity index (χ1n) is 12.0. The van der Waals surface area contributed by atoms with Crippen molar-refractivity contribution in [2.45, 2.75) is 25.3 Å². The number of hydrogen-bond donors (Lipinski definition) is 2. The number of ether oxygens (including phenoxy) is 1. The number of carbonyl (C=O) groups is 1. The van der Waals surface area contributed by atoms with Crippen LogP contribution in [0.5, 0.6) is 5.75 Å². The minimum atomic E-state index is -0.871. The number of benzene rings is 2. The Bertz CT molecular complexity index is 1360. The molecule has 0 amide bonds. The van der Waals surface area contributed by atoms with Gasteiger partial charge in [0.2, 0.25) is 0 Å². The van der Waals surface area contributed by atoms with Gasteiger partial charge >= 0.3 is 5.97 Å². The van der Waals surface area contributed by atoms with Crippen molar-refractivity contribution in [1.29, 1.82) is 0 Å². The number of carboxylic acids is 1. The number of methoxy groups -OCH3 is 1. The van der Waals surface area contributed by atoms with E-state index in [-0.39, 0.29) is 18.0 Å². The van der Waals surface area contributed by atoms with E-state index >= 15 is 0 Å². The number of piperidine rings is 1. The fourth-order valence-electron chi connectivity index (χ4n) is 4.89. The normalized spacial score (nSPS) is 18.7. The SMILES string of the molecule is COc1ccc2ncc(Cl)c([C@@H](N)CC[C@H]3CCN(CC#Cc4cc(F)ccc4F)C[C@H]3C(=O)O)c2c1. The zero-order valence-electron chi connectivity index (χ0n) is 20.4. The van der Waals surface area contributed by atoms with Gasteiger partial charge in [-0.15, -0.1) is 0 Å². The van der Waals surface area contributed by atoms with Crippen molar-refractivity contribution < 1.29 is 23.4 Å². The molecule has 9 heteroatoms. The average molecular weight is 528 g/mol. The Morgan fingerprint density at radius 1 is 1.32 bits per heavy atom. The number of carboxylic acid groups (broad SMARTS) is 1. The first kappa shape index (κ1) is 26.8. The molecule has 2 heterocycles. The van der Waals surface area contributed by atoms with Gasteiger partial charge in [0.05, 0.1) is 35.7 Å². The van der Waals surface area contributed by atoms with Crippen LogP contribution < -0.4 is 10.5 Å². The lowest BCUT2D eigenvalue weighted by atomic mass is 9.81. The molecule has 0 unspecified atom stereocenters. The van der Waals surface area contributed by atoms with Gasteiger partial charge in [-0.1, -0.05) is 23.4 Å². The number of aromatic nitrogens is 1. The first-order valence-corrected chi connectivity index (χ1v) is 12.4. The van der Waals surface area contributed by atoms with Crippen molar-refractivity contribution in [3.63, 3.8) is 0 Å². The number of nitrogens with zero attached hydrogens (tertiary/aromatic N) is 2. The molecule has 2 aromatic carbocycles. The third-order valence-electron chi connectivity index (χ3n) is 6.90. The molecule has 1 fully saturated rings. The summed E-state index contributed by atoms with van der Waals surface area (Å²) < 4.78 is 32.5. The van der Waals surface area contributed by atoms with Crippen molar-refractivity contribution in [3.05, 3.63) is 70.4 Å². The Balaban J connectivity index is 1.41. The van der Waals surface area contributed by atoms with Gasteiger partial charge in [-0.05, 0) is 73.7 Å². The van der Waals surface area contributed by atoms with Gasteiger partial charge in [-0.25, -0.2) is 8.78 Å². The second-order valence-electron chi connectivity index (χ2n) is 9.24. The second-order valence-corrected chi connectivity index (χ2v) is 9.65. The molecule has 0 spiro atoms. The van der Waals surface area contributed by atoms with Crippen LogP contribution in [0.3, 0.4) is 0 Å². The van der Waals surface area contributed by atoms with E-state index in [2.05, 4.69) is 16.8 Å².